The molecular weight excluding hydrogens is 180 g/mol. The predicted molar refractivity (Wildman–Crippen MR) is 56.0 cm³/mol. The van der Waals surface area contributed by atoms with Gasteiger partial charge in [0.1, 0.15) is 5.76 Å². The lowest BCUT2D eigenvalue weighted by atomic mass is 10.2. The second-order valence-electron chi connectivity index (χ2n) is 3.26. The lowest BCUT2D eigenvalue weighted by molar-refractivity contribution is -0.137. The minimum absolute atomic E-state index is 0.238. The monoisotopic (exact) mass is 198 g/mol. The van der Waals surface area contributed by atoms with E-state index in [-0.39, 0.29) is 6.42 Å². The average Bonchev–Trinajstić information content (AvgIpc) is 2.09. The van der Waals surface area contributed by atoms with Crippen LogP contribution in [-0.4, -0.2) is 17.7 Å². The van der Waals surface area contributed by atoms with E-state index in [0.717, 1.165) is 18.4 Å². The third-order valence-corrected chi connectivity index (χ3v) is 1.79. The lowest BCUT2D eigenvalue weighted by Gasteiger charge is -2.07. The van der Waals surface area contributed by atoms with E-state index in [2.05, 4.69) is 13.2 Å². The first-order valence-corrected chi connectivity index (χ1v) is 4.73. The molecule has 0 aliphatic rings. The number of allylic oxidation sites excluding steroid dienone is 1. The van der Waals surface area contributed by atoms with Crippen molar-refractivity contribution in [3.05, 3.63) is 24.5 Å². The molecule has 0 aromatic rings. The molecule has 0 bridgehead atoms. The van der Waals surface area contributed by atoms with Crippen molar-refractivity contribution < 1.29 is 14.6 Å². The topological polar surface area (TPSA) is 46.5 Å². The molecule has 0 saturated heterocycles. The zero-order valence-corrected chi connectivity index (χ0v) is 8.71. The Morgan fingerprint density at radius 3 is 2.43 bits per heavy atom. The van der Waals surface area contributed by atoms with Crippen molar-refractivity contribution in [3.63, 3.8) is 0 Å². The maximum absolute atomic E-state index is 10.2. The van der Waals surface area contributed by atoms with Gasteiger partial charge < -0.3 is 9.84 Å². The normalized spacial score (nSPS) is 9.50. The van der Waals surface area contributed by atoms with Crippen LogP contribution >= 0.6 is 0 Å². The largest absolute Gasteiger partial charge is 0.494 e. The lowest BCUT2D eigenvalue weighted by Crippen LogP contribution is -1.97. The van der Waals surface area contributed by atoms with E-state index in [4.69, 9.17) is 9.84 Å². The molecule has 80 valence electrons. The molecule has 0 aromatic heterocycles. The highest BCUT2D eigenvalue weighted by Gasteiger charge is 1.98. The maximum atomic E-state index is 10.2. The third-order valence-electron chi connectivity index (χ3n) is 1.79. The van der Waals surface area contributed by atoms with Crippen LogP contribution in [0.15, 0.2) is 24.5 Å². The van der Waals surface area contributed by atoms with Gasteiger partial charge in [-0.15, -0.1) is 0 Å². The molecule has 3 nitrogen and oxygen atoms in total. The molecule has 0 atom stereocenters. The summed E-state index contributed by atoms with van der Waals surface area (Å²) in [5.74, 6) is -0.125. The first-order valence-electron chi connectivity index (χ1n) is 4.73. The number of hydrogen-bond acceptors (Lipinski definition) is 2. The van der Waals surface area contributed by atoms with Crippen LogP contribution in [0.5, 0.6) is 0 Å². The Balaban J connectivity index is 3.26. The van der Waals surface area contributed by atoms with Crippen molar-refractivity contribution in [1.29, 1.82) is 0 Å². The van der Waals surface area contributed by atoms with Gasteiger partial charge in [-0.2, -0.15) is 0 Å². The summed E-state index contributed by atoms with van der Waals surface area (Å²) < 4.78 is 5.27. The summed E-state index contributed by atoms with van der Waals surface area (Å²) >= 11 is 0. The highest BCUT2D eigenvalue weighted by molar-refractivity contribution is 5.66. The van der Waals surface area contributed by atoms with Gasteiger partial charge in [0.05, 0.1) is 6.61 Å². The molecule has 0 unspecified atom stereocenters. The number of carboxylic acid groups (broad SMARTS) is 1. The van der Waals surface area contributed by atoms with Crippen LogP contribution in [0.2, 0.25) is 0 Å². The van der Waals surface area contributed by atoms with Gasteiger partial charge in [0, 0.05) is 6.42 Å². The van der Waals surface area contributed by atoms with Gasteiger partial charge in [-0.3, -0.25) is 4.79 Å². The van der Waals surface area contributed by atoms with Gasteiger partial charge >= 0.3 is 5.97 Å². The van der Waals surface area contributed by atoms with Crippen LogP contribution in [0.1, 0.15) is 32.6 Å². The summed E-state index contributed by atoms with van der Waals surface area (Å²) in [6.07, 6.45) is 2.68. The Bertz CT molecular complexity index is 219. The Hall–Kier alpha value is -1.25. The Morgan fingerprint density at radius 1 is 1.29 bits per heavy atom. The van der Waals surface area contributed by atoms with Gasteiger partial charge in [0.15, 0.2) is 0 Å². The molecule has 0 radical (unpaired) electrons. The molecule has 0 rings (SSSR count). The fourth-order valence-electron chi connectivity index (χ4n) is 0.874. The van der Waals surface area contributed by atoms with Crippen molar-refractivity contribution >= 4 is 5.97 Å². The summed E-state index contributed by atoms with van der Waals surface area (Å²) in [4.78, 5) is 10.2. The molecule has 0 aromatic carbocycles. The van der Waals surface area contributed by atoms with Gasteiger partial charge in [-0.1, -0.05) is 13.2 Å². The SMILES string of the molecule is C=C(C)C(=C)OCCCCCC(=O)O. The van der Waals surface area contributed by atoms with Crippen molar-refractivity contribution in [2.45, 2.75) is 32.6 Å². The van der Waals surface area contributed by atoms with Gasteiger partial charge in [0.2, 0.25) is 0 Å². The first kappa shape index (κ1) is 12.8. The number of carboxylic acids is 1. The fraction of sp³-hybridized carbons (Fsp3) is 0.545. The molecule has 0 amide bonds. The Morgan fingerprint density at radius 2 is 1.93 bits per heavy atom. The van der Waals surface area contributed by atoms with Gasteiger partial charge in [-0.05, 0) is 31.8 Å². The molecule has 14 heavy (non-hydrogen) atoms. The third kappa shape index (κ3) is 7.40. The minimum atomic E-state index is -0.739. The van der Waals surface area contributed by atoms with Crippen molar-refractivity contribution in [2.24, 2.45) is 0 Å². The maximum Gasteiger partial charge on any atom is 0.303 e. The van der Waals surface area contributed by atoms with Crippen LogP contribution in [0, 0.1) is 0 Å². The first-order chi connectivity index (χ1) is 6.54. The van der Waals surface area contributed by atoms with E-state index < -0.39 is 5.97 Å². The van der Waals surface area contributed by atoms with Crippen molar-refractivity contribution in [2.75, 3.05) is 6.61 Å². The van der Waals surface area contributed by atoms with Crippen LogP contribution in [-0.2, 0) is 9.53 Å². The zero-order chi connectivity index (χ0) is 11.0. The number of unbranched alkanes of at least 4 members (excludes halogenated alkanes) is 2. The summed E-state index contributed by atoms with van der Waals surface area (Å²) in [6, 6.07) is 0. The number of rotatable bonds is 8. The second-order valence-corrected chi connectivity index (χ2v) is 3.26. The van der Waals surface area contributed by atoms with E-state index in [9.17, 15) is 4.79 Å². The van der Waals surface area contributed by atoms with Crippen LogP contribution in [0.4, 0.5) is 0 Å². The van der Waals surface area contributed by atoms with E-state index in [1.165, 1.54) is 0 Å². The fourth-order valence-corrected chi connectivity index (χ4v) is 0.874. The molecule has 3 heteroatoms. The van der Waals surface area contributed by atoms with Gasteiger partial charge in [-0.25, -0.2) is 0 Å². The van der Waals surface area contributed by atoms with Crippen LogP contribution in [0.25, 0.3) is 0 Å². The minimum Gasteiger partial charge on any atom is -0.494 e. The van der Waals surface area contributed by atoms with Crippen LogP contribution < -0.4 is 0 Å². The molecule has 0 spiro atoms. The van der Waals surface area contributed by atoms with Crippen molar-refractivity contribution in [3.8, 4) is 0 Å². The second kappa shape index (κ2) is 7.18. The van der Waals surface area contributed by atoms with Gasteiger partial charge in [0.25, 0.3) is 0 Å². The quantitative estimate of drug-likeness (QED) is 0.370. The molecule has 0 heterocycles. The predicted octanol–water partition coefficient (Wildman–Crippen LogP) is 2.74. The number of hydrogen-bond donors (Lipinski definition) is 1. The number of ether oxygens (including phenoxy) is 1. The molecule has 0 fully saturated rings. The average molecular weight is 198 g/mol. The molecule has 0 aliphatic carbocycles. The number of carbonyl (C=O) groups is 1. The summed E-state index contributed by atoms with van der Waals surface area (Å²) in [5, 5.41) is 8.37. The van der Waals surface area contributed by atoms with E-state index in [0.29, 0.717) is 18.8 Å². The Kier molecular flexibility index (Phi) is 6.54. The smallest absolute Gasteiger partial charge is 0.303 e. The number of aliphatic carboxylic acids is 1. The van der Waals surface area contributed by atoms with Crippen molar-refractivity contribution in [1.82, 2.24) is 0 Å². The highest BCUT2D eigenvalue weighted by atomic mass is 16.5. The molecular formula is C11H18O3. The van der Waals surface area contributed by atoms with E-state index >= 15 is 0 Å². The molecule has 0 saturated carbocycles. The summed E-state index contributed by atoms with van der Waals surface area (Å²) in [5.41, 5.74) is 0.829. The van der Waals surface area contributed by atoms with E-state index in [1.54, 1.807) is 0 Å². The molecule has 1 N–H and O–H groups in total. The standard InChI is InChI=1S/C11H18O3/c1-9(2)10(3)14-8-6-4-5-7-11(12)13/h1,3-8H2,2H3,(H,12,13). The van der Waals surface area contributed by atoms with E-state index in [1.807, 2.05) is 6.92 Å². The highest BCUT2D eigenvalue weighted by Crippen LogP contribution is 2.07. The Labute approximate surface area is 85.1 Å². The summed E-state index contributed by atoms with van der Waals surface area (Å²) in [6.45, 7) is 9.80. The summed E-state index contributed by atoms with van der Waals surface area (Å²) in [7, 11) is 0. The molecule has 0 aliphatic heterocycles. The van der Waals surface area contributed by atoms with Crippen LogP contribution in [0.3, 0.4) is 0 Å². The zero-order valence-electron chi connectivity index (χ0n) is 8.71.